The van der Waals surface area contributed by atoms with Crippen LogP contribution in [0.4, 0.5) is 5.95 Å². The van der Waals surface area contributed by atoms with Crippen molar-refractivity contribution in [3.63, 3.8) is 0 Å². The molecule has 0 radical (unpaired) electrons. The van der Waals surface area contributed by atoms with Crippen LogP contribution < -0.4 is 5.73 Å². The van der Waals surface area contributed by atoms with E-state index >= 15 is 0 Å². The maximum atomic E-state index is 5.62. The molecule has 0 unspecified atom stereocenters. The number of imidazole rings is 1. The van der Waals surface area contributed by atoms with Crippen molar-refractivity contribution in [1.29, 1.82) is 0 Å². The fraction of sp³-hybridized carbons (Fsp3) is 0.200. The Morgan fingerprint density at radius 1 is 1.18 bits per heavy atom. The maximum Gasteiger partial charge on any atom is 0.238 e. The summed E-state index contributed by atoms with van der Waals surface area (Å²) in [6.07, 6.45) is 3.57. The first-order valence-electron chi connectivity index (χ1n) is 7.11. The highest BCUT2D eigenvalue weighted by molar-refractivity contribution is 5.82. The van der Waals surface area contributed by atoms with Crippen molar-refractivity contribution in [3.8, 4) is 11.3 Å². The predicted molar refractivity (Wildman–Crippen MR) is 84.3 cm³/mol. The highest BCUT2D eigenvalue weighted by Gasteiger charge is 2.12. The number of hydrogen-bond donors (Lipinski definition) is 1. The molecule has 0 bridgehead atoms. The zero-order chi connectivity index (χ0) is 15.3. The largest absolute Gasteiger partial charge is 0.367 e. The fourth-order valence-corrected chi connectivity index (χ4v) is 2.77. The van der Waals surface area contributed by atoms with Gasteiger partial charge in [0, 0.05) is 18.3 Å². The van der Waals surface area contributed by atoms with Gasteiger partial charge in [-0.3, -0.25) is 0 Å². The summed E-state index contributed by atoms with van der Waals surface area (Å²) in [6.45, 7) is 4.93. The molecule has 4 heterocycles. The molecule has 0 saturated carbocycles. The van der Waals surface area contributed by atoms with E-state index in [0.717, 1.165) is 40.3 Å². The molecule has 0 spiro atoms. The minimum Gasteiger partial charge on any atom is -0.367 e. The van der Waals surface area contributed by atoms with Gasteiger partial charge in [-0.1, -0.05) is 0 Å². The minimum atomic E-state index is 0.248. The molecule has 0 atom stereocenters. The average molecular weight is 293 g/mol. The molecular formula is C15H15N7. The molecule has 0 aliphatic heterocycles. The Labute approximate surface area is 126 Å². The predicted octanol–water partition coefficient (Wildman–Crippen LogP) is 2.05. The van der Waals surface area contributed by atoms with Gasteiger partial charge in [0.2, 0.25) is 5.95 Å². The van der Waals surface area contributed by atoms with Crippen molar-refractivity contribution in [2.45, 2.75) is 20.4 Å². The summed E-state index contributed by atoms with van der Waals surface area (Å²) in [5.41, 5.74) is 10.1. The second-order valence-electron chi connectivity index (χ2n) is 5.12. The van der Waals surface area contributed by atoms with Crippen LogP contribution in [0.3, 0.4) is 0 Å². The number of nitrogens with two attached hydrogens (primary N) is 1. The number of fused-ring (bicyclic) bond motifs is 2. The lowest BCUT2D eigenvalue weighted by Crippen LogP contribution is -2.00. The third-order valence-corrected chi connectivity index (χ3v) is 3.81. The summed E-state index contributed by atoms with van der Waals surface area (Å²) in [5.74, 6) is 1.22. The Balaban J connectivity index is 1.96. The van der Waals surface area contributed by atoms with E-state index < -0.39 is 0 Å². The molecule has 0 aliphatic rings. The van der Waals surface area contributed by atoms with Gasteiger partial charge in [-0.25, -0.2) is 19.5 Å². The smallest absolute Gasteiger partial charge is 0.238 e. The van der Waals surface area contributed by atoms with E-state index in [0.29, 0.717) is 0 Å². The number of aromatic nitrogens is 6. The lowest BCUT2D eigenvalue weighted by Gasteiger charge is -2.03. The van der Waals surface area contributed by atoms with Gasteiger partial charge in [0.05, 0.1) is 17.4 Å². The second-order valence-corrected chi connectivity index (χ2v) is 5.12. The molecule has 4 aromatic heterocycles. The molecule has 4 aromatic rings. The Morgan fingerprint density at radius 2 is 2.05 bits per heavy atom. The van der Waals surface area contributed by atoms with Gasteiger partial charge < -0.3 is 10.3 Å². The minimum absolute atomic E-state index is 0.248. The van der Waals surface area contributed by atoms with Crippen molar-refractivity contribution >= 4 is 22.6 Å². The normalized spacial score (nSPS) is 11.5. The molecule has 0 aromatic carbocycles. The number of anilines is 1. The van der Waals surface area contributed by atoms with Crippen molar-refractivity contribution in [2.75, 3.05) is 5.73 Å². The summed E-state index contributed by atoms with van der Waals surface area (Å²) >= 11 is 0. The monoisotopic (exact) mass is 293 g/mol. The lowest BCUT2D eigenvalue weighted by molar-refractivity contribution is 0.746. The summed E-state index contributed by atoms with van der Waals surface area (Å²) in [4.78, 5) is 13.4. The molecule has 7 heteroatoms. The third-order valence-electron chi connectivity index (χ3n) is 3.81. The molecule has 4 rings (SSSR count). The number of nitrogen functional groups attached to an aromatic ring is 1. The second kappa shape index (κ2) is 4.52. The van der Waals surface area contributed by atoms with E-state index in [2.05, 4.69) is 26.6 Å². The van der Waals surface area contributed by atoms with Gasteiger partial charge in [0.1, 0.15) is 11.3 Å². The van der Waals surface area contributed by atoms with Crippen LogP contribution in [0.2, 0.25) is 0 Å². The Kier molecular flexibility index (Phi) is 2.62. The van der Waals surface area contributed by atoms with E-state index in [1.54, 1.807) is 10.7 Å². The third kappa shape index (κ3) is 1.75. The molecule has 7 nitrogen and oxygen atoms in total. The number of hydrogen-bond acceptors (Lipinski definition) is 5. The number of aryl methyl sites for hydroxylation is 2. The standard InChI is InChI=1S/C15H15N7/c1-3-21-9(2)18-12-5-4-11(19-14(12)21)10-6-7-22-13(10)8-17-15(16)20-22/h4-8H,3H2,1-2H3,(H2,16,20). The van der Waals surface area contributed by atoms with Crippen LogP contribution in [0.25, 0.3) is 27.9 Å². The van der Waals surface area contributed by atoms with Crippen LogP contribution in [0.5, 0.6) is 0 Å². The van der Waals surface area contributed by atoms with Gasteiger partial charge in [-0.05, 0) is 32.0 Å². The van der Waals surface area contributed by atoms with Crippen LogP contribution in [-0.4, -0.2) is 29.1 Å². The van der Waals surface area contributed by atoms with Crippen molar-refractivity contribution in [3.05, 3.63) is 36.4 Å². The maximum absolute atomic E-state index is 5.62. The summed E-state index contributed by atoms with van der Waals surface area (Å²) < 4.78 is 3.82. The van der Waals surface area contributed by atoms with Gasteiger partial charge in [0.15, 0.2) is 5.65 Å². The van der Waals surface area contributed by atoms with E-state index in [1.807, 2.05) is 31.3 Å². The van der Waals surface area contributed by atoms with Crippen LogP contribution in [0.1, 0.15) is 12.7 Å². The SMILES string of the molecule is CCn1c(C)nc2ccc(-c3ccn4nc(N)ncc34)nc21. The van der Waals surface area contributed by atoms with Crippen LogP contribution in [0.15, 0.2) is 30.6 Å². The molecule has 22 heavy (non-hydrogen) atoms. The van der Waals surface area contributed by atoms with E-state index in [4.69, 9.17) is 10.7 Å². The molecule has 0 aliphatic carbocycles. The topological polar surface area (TPSA) is 86.9 Å². The Bertz CT molecular complexity index is 996. The van der Waals surface area contributed by atoms with Crippen LogP contribution in [0, 0.1) is 6.92 Å². The van der Waals surface area contributed by atoms with E-state index in [9.17, 15) is 0 Å². The Hall–Kier alpha value is -2.96. The molecule has 2 N–H and O–H groups in total. The highest BCUT2D eigenvalue weighted by Crippen LogP contribution is 2.25. The van der Waals surface area contributed by atoms with E-state index in [-0.39, 0.29) is 5.95 Å². The Morgan fingerprint density at radius 3 is 2.86 bits per heavy atom. The average Bonchev–Trinajstić information content (AvgIpc) is 3.05. The summed E-state index contributed by atoms with van der Waals surface area (Å²) in [5, 5.41) is 4.16. The van der Waals surface area contributed by atoms with Gasteiger partial charge in [-0.15, -0.1) is 5.10 Å². The summed E-state index contributed by atoms with van der Waals surface area (Å²) in [7, 11) is 0. The number of rotatable bonds is 2. The van der Waals surface area contributed by atoms with Crippen molar-refractivity contribution in [2.24, 2.45) is 0 Å². The van der Waals surface area contributed by atoms with Crippen molar-refractivity contribution in [1.82, 2.24) is 29.1 Å². The van der Waals surface area contributed by atoms with Gasteiger partial charge in [-0.2, -0.15) is 0 Å². The highest BCUT2D eigenvalue weighted by atomic mass is 15.3. The zero-order valence-corrected chi connectivity index (χ0v) is 12.4. The molecule has 0 amide bonds. The molecule has 0 fully saturated rings. The van der Waals surface area contributed by atoms with Gasteiger partial charge >= 0.3 is 0 Å². The molecular weight excluding hydrogens is 278 g/mol. The number of nitrogens with zero attached hydrogens (tertiary/aromatic N) is 6. The summed E-state index contributed by atoms with van der Waals surface area (Å²) in [6, 6.07) is 5.94. The molecule has 110 valence electrons. The van der Waals surface area contributed by atoms with Crippen LogP contribution >= 0.6 is 0 Å². The quantitative estimate of drug-likeness (QED) is 0.611. The zero-order valence-electron chi connectivity index (χ0n) is 12.4. The first kappa shape index (κ1) is 12.8. The lowest BCUT2D eigenvalue weighted by atomic mass is 10.2. The van der Waals surface area contributed by atoms with Crippen molar-refractivity contribution < 1.29 is 0 Å². The number of pyridine rings is 1. The van der Waals surface area contributed by atoms with Crippen LogP contribution in [-0.2, 0) is 6.54 Å². The van der Waals surface area contributed by atoms with Gasteiger partial charge in [0.25, 0.3) is 0 Å². The van der Waals surface area contributed by atoms with E-state index in [1.165, 1.54) is 0 Å². The first-order chi connectivity index (χ1) is 10.7. The molecule has 0 saturated heterocycles. The first-order valence-corrected chi connectivity index (χ1v) is 7.11. The fourth-order valence-electron chi connectivity index (χ4n) is 2.77.